The van der Waals surface area contributed by atoms with Gasteiger partial charge in [0.2, 0.25) is 0 Å². The van der Waals surface area contributed by atoms with Gasteiger partial charge in [-0.3, -0.25) is 0 Å². The third kappa shape index (κ3) is 3.55. The van der Waals surface area contributed by atoms with Gasteiger partial charge >= 0.3 is 0 Å². The topological polar surface area (TPSA) is 58.4 Å². The maximum absolute atomic E-state index is 4.89. The summed E-state index contributed by atoms with van der Waals surface area (Å²) in [7, 11) is 4.20. The summed E-state index contributed by atoms with van der Waals surface area (Å²) in [6.45, 7) is 6.32. The Morgan fingerprint density at radius 2 is 1.61 bits per heavy atom. The molecule has 2 aromatic carbocycles. The smallest absolute Gasteiger partial charge is 0.186 e. The van der Waals surface area contributed by atoms with Crippen molar-refractivity contribution in [2.75, 3.05) is 32.5 Å². The second-order valence-electron chi connectivity index (χ2n) is 8.27. The van der Waals surface area contributed by atoms with Crippen molar-refractivity contribution >= 4 is 22.2 Å². The normalized spacial score (nSPS) is 12.2. The van der Waals surface area contributed by atoms with E-state index in [2.05, 4.69) is 60.5 Å². The number of nitrogens with zero attached hydrogens (tertiary/aromatic N) is 5. The number of aromatic nitrogens is 4. The fourth-order valence-electron chi connectivity index (χ4n) is 3.71. The van der Waals surface area contributed by atoms with Gasteiger partial charge < -0.3 is 10.2 Å². The predicted octanol–water partition coefficient (Wildman–Crippen LogP) is 3.94. The molecule has 0 aliphatic carbocycles. The van der Waals surface area contributed by atoms with Crippen LogP contribution in [0.4, 0.5) is 5.82 Å². The standard InChI is InChI=1S/C22H26N6/c1-22(2,15-27(3)4)14-23-19-17-12-8-9-13-18(17)21-25-24-20(28(21)26-19)16-10-6-5-7-11-16/h5-13H,14-15H2,1-4H3,(H,23,26). The fraction of sp³-hybridized carbons (Fsp3) is 0.318. The lowest BCUT2D eigenvalue weighted by molar-refractivity contribution is 0.254. The van der Waals surface area contributed by atoms with Crippen LogP contribution in [0.15, 0.2) is 54.6 Å². The summed E-state index contributed by atoms with van der Waals surface area (Å²) in [6.07, 6.45) is 0. The van der Waals surface area contributed by atoms with Gasteiger partial charge in [-0.2, -0.15) is 4.52 Å². The monoisotopic (exact) mass is 374 g/mol. The van der Waals surface area contributed by atoms with E-state index in [0.717, 1.165) is 46.7 Å². The van der Waals surface area contributed by atoms with Gasteiger partial charge in [0.25, 0.3) is 0 Å². The zero-order chi connectivity index (χ0) is 19.7. The van der Waals surface area contributed by atoms with E-state index >= 15 is 0 Å². The van der Waals surface area contributed by atoms with Gasteiger partial charge in [-0.1, -0.05) is 68.4 Å². The summed E-state index contributed by atoms with van der Waals surface area (Å²) in [5.41, 5.74) is 1.88. The molecule has 2 aromatic heterocycles. The Hall–Kier alpha value is -2.99. The molecule has 0 radical (unpaired) electrons. The van der Waals surface area contributed by atoms with Gasteiger partial charge in [0.15, 0.2) is 17.3 Å². The molecule has 4 aromatic rings. The summed E-state index contributed by atoms with van der Waals surface area (Å²) in [4.78, 5) is 2.21. The van der Waals surface area contributed by atoms with Crippen LogP contribution in [0.2, 0.25) is 0 Å². The van der Waals surface area contributed by atoms with E-state index in [0.29, 0.717) is 0 Å². The van der Waals surface area contributed by atoms with Gasteiger partial charge in [-0.25, -0.2) is 0 Å². The minimum absolute atomic E-state index is 0.108. The first-order valence-corrected chi connectivity index (χ1v) is 9.53. The zero-order valence-corrected chi connectivity index (χ0v) is 16.8. The highest BCUT2D eigenvalue weighted by Gasteiger charge is 2.21. The van der Waals surface area contributed by atoms with Crippen LogP contribution < -0.4 is 5.32 Å². The van der Waals surface area contributed by atoms with Gasteiger partial charge in [-0.15, -0.1) is 15.3 Å². The molecular formula is C22H26N6. The first-order valence-electron chi connectivity index (χ1n) is 9.53. The summed E-state index contributed by atoms with van der Waals surface area (Å²) in [5, 5.41) is 19.4. The number of nitrogens with one attached hydrogen (secondary N) is 1. The summed E-state index contributed by atoms with van der Waals surface area (Å²) < 4.78 is 1.85. The Bertz CT molecular complexity index is 1100. The lowest BCUT2D eigenvalue weighted by Gasteiger charge is -2.28. The lowest BCUT2D eigenvalue weighted by Crippen LogP contribution is -2.34. The molecule has 28 heavy (non-hydrogen) atoms. The van der Waals surface area contributed by atoms with Crippen LogP contribution in [0.3, 0.4) is 0 Å². The SMILES string of the molecule is CN(C)CC(C)(C)CNc1nn2c(-c3ccccc3)nnc2c2ccccc12. The molecule has 0 amide bonds. The van der Waals surface area contributed by atoms with Crippen LogP contribution in [0, 0.1) is 5.41 Å². The molecule has 6 heteroatoms. The zero-order valence-electron chi connectivity index (χ0n) is 16.8. The summed E-state index contributed by atoms with van der Waals surface area (Å²) in [5.74, 6) is 1.60. The molecule has 0 bridgehead atoms. The molecule has 0 aliphatic rings. The number of fused-ring (bicyclic) bond motifs is 3. The average Bonchev–Trinajstić information content (AvgIpc) is 3.10. The third-order valence-corrected chi connectivity index (χ3v) is 4.77. The lowest BCUT2D eigenvalue weighted by atomic mass is 9.93. The Balaban J connectivity index is 1.81. The van der Waals surface area contributed by atoms with Gasteiger partial charge in [0.1, 0.15) is 0 Å². The first kappa shape index (κ1) is 18.4. The van der Waals surface area contributed by atoms with Crippen molar-refractivity contribution in [3.8, 4) is 11.4 Å². The van der Waals surface area contributed by atoms with Crippen LogP contribution in [-0.4, -0.2) is 51.9 Å². The number of benzene rings is 2. The van der Waals surface area contributed by atoms with E-state index in [1.54, 1.807) is 0 Å². The molecule has 6 nitrogen and oxygen atoms in total. The van der Waals surface area contributed by atoms with Crippen molar-refractivity contribution in [3.63, 3.8) is 0 Å². The van der Waals surface area contributed by atoms with E-state index in [9.17, 15) is 0 Å². The average molecular weight is 374 g/mol. The van der Waals surface area contributed by atoms with Crippen LogP contribution in [-0.2, 0) is 0 Å². The minimum atomic E-state index is 0.108. The van der Waals surface area contributed by atoms with Crippen molar-refractivity contribution in [1.29, 1.82) is 0 Å². The molecular weight excluding hydrogens is 348 g/mol. The molecule has 0 spiro atoms. The van der Waals surface area contributed by atoms with Crippen LogP contribution in [0.1, 0.15) is 13.8 Å². The number of anilines is 1. The van der Waals surface area contributed by atoms with Crippen molar-refractivity contribution in [2.45, 2.75) is 13.8 Å². The fourth-order valence-corrected chi connectivity index (χ4v) is 3.71. The van der Waals surface area contributed by atoms with Gasteiger partial charge in [-0.05, 0) is 19.5 Å². The third-order valence-electron chi connectivity index (χ3n) is 4.77. The molecule has 0 aliphatic heterocycles. The van der Waals surface area contributed by atoms with Crippen LogP contribution in [0.5, 0.6) is 0 Å². The molecule has 144 valence electrons. The molecule has 1 N–H and O–H groups in total. The second-order valence-corrected chi connectivity index (χ2v) is 8.27. The van der Waals surface area contributed by atoms with E-state index in [1.165, 1.54) is 0 Å². The number of hydrogen-bond donors (Lipinski definition) is 1. The minimum Gasteiger partial charge on any atom is -0.368 e. The van der Waals surface area contributed by atoms with E-state index in [4.69, 9.17) is 5.10 Å². The number of rotatable bonds is 6. The van der Waals surface area contributed by atoms with E-state index in [1.807, 2.05) is 47.0 Å². The quantitative estimate of drug-likeness (QED) is 0.554. The van der Waals surface area contributed by atoms with Gasteiger partial charge in [0, 0.05) is 29.4 Å². The molecule has 0 fully saturated rings. The summed E-state index contributed by atoms with van der Waals surface area (Å²) >= 11 is 0. The predicted molar refractivity (Wildman–Crippen MR) is 115 cm³/mol. The van der Waals surface area contributed by atoms with Crippen molar-refractivity contribution in [2.24, 2.45) is 5.41 Å². The Labute approximate surface area is 165 Å². The van der Waals surface area contributed by atoms with Crippen molar-refractivity contribution < 1.29 is 0 Å². The molecule has 4 rings (SSSR count). The highest BCUT2D eigenvalue weighted by atomic mass is 15.4. The second kappa shape index (κ2) is 7.20. The molecule has 2 heterocycles. The maximum Gasteiger partial charge on any atom is 0.186 e. The molecule has 0 atom stereocenters. The van der Waals surface area contributed by atoms with E-state index in [-0.39, 0.29) is 5.41 Å². The molecule has 0 saturated heterocycles. The molecule has 0 unspecified atom stereocenters. The largest absolute Gasteiger partial charge is 0.368 e. The Morgan fingerprint density at radius 3 is 2.32 bits per heavy atom. The van der Waals surface area contributed by atoms with E-state index < -0.39 is 0 Å². The van der Waals surface area contributed by atoms with Crippen molar-refractivity contribution in [3.05, 3.63) is 54.6 Å². The van der Waals surface area contributed by atoms with Gasteiger partial charge in [0.05, 0.1) is 0 Å². The highest BCUT2D eigenvalue weighted by molar-refractivity contribution is 6.00. The summed E-state index contributed by atoms with van der Waals surface area (Å²) in [6, 6.07) is 18.3. The molecule has 0 saturated carbocycles. The van der Waals surface area contributed by atoms with Crippen LogP contribution in [0.25, 0.3) is 27.8 Å². The Morgan fingerprint density at radius 1 is 0.929 bits per heavy atom. The Kier molecular flexibility index (Phi) is 4.73. The van der Waals surface area contributed by atoms with Crippen molar-refractivity contribution in [1.82, 2.24) is 24.7 Å². The van der Waals surface area contributed by atoms with Crippen LogP contribution >= 0.6 is 0 Å². The maximum atomic E-state index is 4.89. The first-order chi connectivity index (χ1) is 13.4. The highest BCUT2D eigenvalue weighted by Crippen LogP contribution is 2.28. The number of hydrogen-bond acceptors (Lipinski definition) is 5.